The first kappa shape index (κ1) is 20.8. The summed E-state index contributed by atoms with van der Waals surface area (Å²) >= 11 is 3.44. The third-order valence-electron chi connectivity index (χ3n) is 7.36. The molecule has 34 heavy (non-hydrogen) atoms. The first-order valence-corrected chi connectivity index (χ1v) is 14.0. The molecule has 0 radical (unpaired) electrons. The van der Waals surface area contributed by atoms with Crippen molar-refractivity contribution < 1.29 is 9.47 Å². The minimum Gasteiger partial charge on any atom is -0.454 e. The van der Waals surface area contributed by atoms with Crippen molar-refractivity contribution in [3.05, 3.63) is 44.6 Å². The van der Waals surface area contributed by atoms with Crippen LogP contribution in [0.3, 0.4) is 0 Å². The number of rotatable bonds is 4. The second kappa shape index (κ2) is 8.30. The normalized spacial score (nSPS) is 18.1. The lowest BCUT2D eigenvalue weighted by Crippen LogP contribution is -2.29. The summed E-state index contributed by atoms with van der Waals surface area (Å²) < 4.78 is 15.2. The topological polar surface area (TPSA) is 70.7 Å². The van der Waals surface area contributed by atoms with Crippen molar-refractivity contribution in [2.45, 2.75) is 74.7 Å². The van der Waals surface area contributed by atoms with Crippen molar-refractivity contribution in [2.75, 3.05) is 6.79 Å². The number of hydrogen-bond acceptors (Lipinski definition) is 7. The van der Waals surface area contributed by atoms with Crippen LogP contribution in [0.15, 0.2) is 28.2 Å². The van der Waals surface area contributed by atoms with Gasteiger partial charge in [0.2, 0.25) is 12.6 Å². The van der Waals surface area contributed by atoms with Crippen LogP contribution in [0.5, 0.6) is 11.5 Å². The molecule has 1 fully saturated rings. The number of aryl methyl sites for hydroxylation is 2. The molecule has 2 aliphatic carbocycles. The van der Waals surface area contributed by atoms with Gasteiger partial charge in [0.05, 0.1) is 5.39 Å². The average molecular weight is 495 g/mol. The molecule has 1 aliphatic heterocycles. The summed E-state index contributed by atoms with van der Waals surface area (Å²) in [6, 6.07) is 6.28. The van der Waals surface area contributed by atoms with E-state index in [0.29, 0.717) is 5.78 Å². The van der Waals surface area contributed by atoms with Gasteiger partial charge in [-0.1, -0.05) is 37.1 Å². The maximum atomic E-state index is 13.9. The van der Waals surface area contributed by atoms with Gasteiger partial charge in [-0.2, -0.15) is 0 Å². The van der Waals surface area contributed by atoms with Crippen LogP contribution < -0.4 is 15.0 Å². The highest BCUT2D eigenvalue weighted by Crippen LogP contribution is 2.39. The molecule has 4 heterocycles. The Labute approximate surface area is 205 Å². The molecular formula is C25H26N4O3S2. The Kier molecular flexibility index (Phi) is 5.08. The van der Waals surface area contributed by atoms with E-state index in [4.69, 9.17) is 9.47 Å². The minimum absolute atomic E-state index is 0.147. The number of fused-ring (bicyclic) bond motifs is 6. The maximum absolute atomic E-state index is 13.9. The van der Waals surface area contributed by atoms with E-state index in [1.54, 1.807) is 23.1 Å². The standard InChI is InChI=1S/C25H26N4O3S2/c30-22-21-17-8-4-5-9-20(17)34-23(21)29-24(28(22)16-6-2-1-3-7-16)26-27-25(29)33-13-15-10-11-18-19(12-15)32-14-31-18/h10-12,16H,1-9,13-14H2. The van der Waals surface area contributed by atoms with Crippen LogP contribution in [0.1, 0.15) is 67.0 Å². The van der Waals surface area contributed by atoms with Gasteiger partial charge in [0.1, 0.15) is 4.83 Å². The number of thiophene rings is 1. The van der Waals surface area contributed by atoms with Crippen LogP contribution in [0.4, 0.5) is 0 Å². The van der Waals surface area contributed by atoms with E-state index in [0.717, 1.165) is 70.3 Å². The molecule has 0 bridgehead atoms. The lowest BCUT2D eigenvalue weighted by Gasteiger charge is -2.24. The lowest BCUT2D eigenvalue weighted by atomic mass is 9.94. The van der Waals surface area contributed by atoms with Crippen LogP contribution in [0, 0.1) is 0 Å². The molecule has 7 nitrogen and oxygen atoms in total. The highest BCUT2D eigenvalue weighted by molar-refractivity contribution is 7.98. The van der Waals surface area contributed by atoms with Crippen LogP contribution in [-0.2, 0) is 18.6 Å². The smallest absolute Gasteiger partial charge is 0.264 e. The predicted octanol–water partition coefficient (Wildman–Crippen LogP) is 5.51. The van der Waals surface area contributed by atoms with Crippen molar-refractivity contribution in [1.29, 1.82) is 0 Å². The Morgan fingerprint density at radius 3 is 2.79 bits per heavy atom. The summed E-state index contributed by atoms with van der Waals surface area (Å²) in [6.45, 7) is 0.278. The van der Waals surface area contributed by atoms with Crippen LogP contribution in [0.2, 0.25) is 0 Å². The summed E-state index contributed by atoms with van der Waals surface area (Å²) in [7, 11) is 0. The Morgan fingerprint density at radius 2 is 1.88 bits per heavy atom. The van der Waals surface area contributed by atoms with Crippen LogP contribution in [-0.4, -0.2) is 26.0 Å². The van der Waals surface area contributed by atoms with E-state index in [1.165, 1.54) is 36.1 Å². The summed E-state index contributed by atoms with van der Waals surface area (Å²) in [5.74, 6) is 3.04. The predicted molar refractivity (Wildman–Crippen MR) is 134 cm³/mol. The number of nitrogens with zero attached hydrogens (tertiary/aromatic N) is 4. The molecule has 1 saturated carbocycles. The third-order valence-corrected chi connectivity index (χ3v) is 9.64. The zero-order valence-corrected chi connectivity index (χ0v) is 20.6. The zero-order valence-electron chi connectivity index (χ0n) is 18.9. The number of benzene rings is 1. The molecule has 0 spiro atoms. The highest BCUT2D eigenvalue weighted by Gasteiger charge is 2.28. The van der Waals surface area contributed by atoms with Crippen molar-refractivity contribution in [1.82, 2.24) is 19.2 Å². The Balaban J connectivity index is 1.36. The van der Waals surface area contributed by atoms with Gasteiger partial charge in [0.25, 0.3) is 5.56 Å². The molecule has 0 atom stereocenters. The van der Waals surface area contributed by atoms with E-state index < -0.39 is 0 Å². The maximum Gasteiger partial charge on any atom is 0.264 e. The van der Waals surface area contributed by atoms with Gasteiger partial charge in [-0.05, 0) is 61.8 Å². The molecular weight excluding hydrogens is 468 g/mol. The second-order valence-electron chi connectivity index (χ2n) is 9.45. The number of hydrogen-bond donors (Lipinski definition) is 0. The number of thioether (sulfide) groups is 1. The third kappa shape index (κ3) is 3.27. The molecule has 0 unspecified atom stereocenters. The van der Waals surface area contributed by atoms with Gasteiger partial charge in [-0.3, -0.25) is 9.36 Å². The summed E-state index contributed by atoms with van der Waals surface area (Å²) in [5, 5.41) is 11.0. The summed E-state index contributed by atoms with van der Waals surface area (Å²) in [6.07, 6.45) is 10.1. The molecule has 3 aliphatic rings. The molecule has 0 amide bonds. The van der Waals surface area contributed by atoms with Gasteiger partial charge in [0.15, 0.2) is 16.7 Å². The molecule has 0 saturated heterocycles. The average Bonchev–Trinajstić information content (AvgIpc) is 3.59. The number of aromatic nitrogens is 4. The fourth-order valence-electron chi connectivity index (χ4n) is 5.68. The second-order valence-corrected chi connectivity index (χ2v) is 11.5. The van der Waals surface area contributed by atoms with Crippen molar-refractivity contribution in [2.24, 2.45) is 0 Å². The van der Waals surface area contributed by atoms with E-state index in [9.17, 15) is 4.79 Å². The molecule has 9 heteroatoms. The molecule has 3 aromatic heterocycles. The highest BCUT2D eigenvalue weighted by atomic mass is 32.2. The van der Waals surface area contributed by atoms with Crippen LogP contribution in [0.25, 0.3) is 16.0 Å². The quantitative estimate of drug-likeness (QED) is 0.349. The Hall–Kier alpha value is -2.52. The first-order chi connectivity index (χ1) is 16.8. The monoisotopic (exact) mass is 494 g/mol. The fourth-order valence-corrected chi connectivity index (χ4v) is 7.99. The SMILES string of the molecule is O=c1c2c3c(sc2n2c(SCc4ccc5c(c4)OCO5)nnc2n1C1CCCCC1)CCCC3. The Bertz CT molecular complexity index is 1460. The van der Waals surface area contributed by atoms with Gasteiger partial charge < -0.3 is 9.47 Å². The van der Waals surface area contributed by atoms with Gasteiger partial charge in [-0.15, -0.1) is 21.5 Å². The molecule has 1 aromatic carbocycles. The van der Waals surface area contributed by atoms with E-state index in [1.807, 2.05) is 16.7 Å². The van der Waals surface area contributed by atoms with Crippen molar-refractivity contribution in [3.63, 3.8) is 0 Å². The number of ether oxygens (including phenoxy) is 2. The molecule has 0 N–H and O–H groups in total. The minimum atomic E-state index is 0.147. The largest absolute Gasteiger partial charge is 0.454 e. The fraction of sp³-hybridized carbons (Fsp3) is 0.480. The van der Waals surface area contributed by atoms with E-state index in [-0.39, 0.29) is 18.4 Å². The molecule has 176 valence electrons. The van der Waals surface area contributed by atoms with Crippen molar-refractivity contribution >= 4 is 39.1 Å². The summed E-state index contributed by atoms with van der Waals surface area (Å²) in [4.78, 5) is 16.3. The van der Waals surface area contributed by atoms with Gasteiger partial charge in [-0.25, -0.2) is 4.40 Å². The van der Waals surface area contributed by atoms with Gasteiger partial charge >= 0.3 is 0 Å². The first-order valence-electron chi connectivity index (χ1n) is 12.2. The zero-order chi connectivity index (χ0) is 22.6. The van der Waals surface area contributed by atoms with E-state index >= 15 is 0 Å². The molecule has 4 aromatic rings. The van der Waals surface area contributed by atoms with Crippen LogP contribution >= 0.6 is 23.1 Å². The molecule has 7 rings (SSSR count). The lowest BCUT2D eigenvalue weighted by molar-refractivity contribution is 0.174. The summed E-state index contributed by atoms with van der Waals surface area (Å²) in [5.41, 5.74) is 2.57. The Morgan fingerprint density at radius 1 is 1.03 bits per heavy atom. The van der Waals surface area contributed by atoms with Crippen molar-refractivity contribution in [3.8, 4) is 11.5 Å². The van der Waals surface area contributed by atoms with Gasteiger partial charge in [0, 0.05) is 16.7 Å². The van der Waals surface area contributed by atoms with E-state index in [2.05, 4.69) is 20.7 Å².